The summed E-state index contributed by atoms with van der Waals surface area (Å²) in [5.74, 6) is 0.793. The third-order valence-corrected chi connectivity index (χ3v) is 5.04. The standard InChI is InChI=1S/C22H32O4/c1-3-5-10-16-22(26,4-2)17-11-8-6-7-9-13-19(21(24)25)18-14-12-15-20(18)23/h2,6-7,11,17-19,26H,3,5,8-10,12-16H2,1H3,(H,24,25)/b7-6+,17-11-/t18-,19+,22?/m1/s1. The van der Waals surface area contributed by atoms with Crippen LogP contribution >= 0.6 is 0 Å². The zero-order valence-electron chi connectivity index (χ0n) is 15.8. The topological polar surface area (TPSA) is 74.6 Å². The number of carboxylic acids is 1. The average molecular weight is 360 g/mol. The van der Waals surface area contributed by atoms with E-state index in [4.69, 9.17) is 6.42 Å². The fourth-order valence-electron chi connectivity index (χ4n) is 3.44. The highest BCUT2D eigenvalue weighted by molar-refractivity contribution is 5.87. The Kier molecular flexibility index (Phi) is 9.98. The van der Waals surface area contributed by atoms with Crippen molar-refractivity contribution in [2.75, 3.05) is 0 Å². The molecule has 4 nitrogen and oxygen atoms in total. The molecule has 0 heterocycles. The van der Waals surface area contributed by atoms with Gasteiger partial charge in [0.05, 0.1) is 5.92 Å². The molecule has 0 amide bonds. The van der Waals surface area contributed by atoms with Gasteiger partial charge in [0.25, 0.3) is 0 Å². The van der Waals surface area contributed by atoms with Crippen molar-refractivity contribution in [3.63, 3.8) is 0 Å². The van der Waals surface area contributed by atoms with E-state index in [0.29, 0.717) is 38.5 Å². The summed E-state index contributed by atoms with van der Waals surface area (Å²) in [7, 11) is 0. The lowest BCUT2D eigenvalue weighted by molar-refractivity contribution is -0.146. The van der Waals surface area contributed by atoms with Crippen molar-refractivity contribution in [1.29, 1.82) is 0 Å². The van der Waals surface area contributed by atoms with E-state index in [1.54, 1.807) is 6.08 Å². The Morgan fingerprint density at radius 3 is 2.73 bits per heavy atom. The second kappa shape index (κ2) is 11.7. The van der Waals surface area contributed by atoms with E-state index >= 15 is 0 Å². The zero-order chi connectivity index (χ0) is 19.4. The summed E-state index contributed by atoms with van der Waals surface area (Å²) in [6.45, 7) is 2.10. The lowest BCUT2D eigenvalue weighted by Crippen LogP contribution is -2.26. The first-order chi connectivity index (χ1) is 12.4. The molecule has 1 saturated carbocycles. The van der Waals surface area contributed by atoms with Crippen molar-refractivity contribution in [3.05, 3.63) is 24.3 Å². The van der Waals surface area contributed by atoms with Gasteiger partial charge in [-0.15, -0.1) is 6.42 Å². The van der Waals surface area contributed by atoms with Crippen LogP contribution in [-0.2, 0) is 9.59 Å². The molecule has 144 valence electrons. The normalized spacial score (nSPS) is 21.1. The molecular formula is C22H32O4. The molecular weight excluding hydrogens is 328 g/mol. The van der Waals surface area contributed by atoms with Gasteiger partial charge in [0.2, 0.25) is 0 Å². The maximum absolute atomic E-state index is 11.8. The van der Waals surface area contributed by atoms with E-state index in [0.717, 1.165) is 25.7 Å². The highest BCUT2D eigenvalue weighted by Crippen LogP contribution is 2.31. The maximum Gasteiger partial charge on any atom is 0.307 e. The summed E-state index contributed by atoms with van der Waals surface area (Å²) in [6, 6.07) is 0. The number of ketones is 1. The molecule has 0 spiro atoms. The van der Waals surface area contributed by atoms with Crippen molar-refractivity contribution in [2.45, 2.75) is 76.7 Å². The molecule has 1 aliphatic carbocycles. The van der Waals surface area contributed by atoms with Crippen molar-refractivity contribution in [1.82, 2.24) is 0 Å². The van der Waals surface area contributed by atoms with Crippen LogP contribution in [0.1, 0.15) is 71.1 Å². The molecule has 2 N–H and O–H groups in total. The van der Waals surface area contributed by atoms with Crippen LogP contribution in [0.2, 0.25) is 0 Å². The first-order valence-corrected chi connectivity index (χ1v) is 9.72. The van der Waals surface area contributed by atoms with Crippen LogP contribution in [0.5, 0.6) is 0 Å². The fraction of sp³-hybridized carbons (Fsp3) is 0.636. The predicted molar refractivity (Wildman–Crippen MR) is 104 cm³/mol. The molecule has 1 unspecified atom stereocenters. The summed E-state index contributed by atoms with van der Waals surface area (Å²) >= 11 is 0. The number of carbonyl (C=O) groups excluding carboxylic acids is 1. The Bertz CT molecular complexity index is 555. The van der Waals surface area contributed by atoms with Crippen molar-refractivity contribution < 1.29 is 19.8 Å². The second-order valence-corrected chi connectivity index (χ2v) is 7.12. The Labute approximate surface area is 157 Å². The third kappa shape index (κ3) is 7.58. The van der Waals surface area contributed by atoms with E-state index in [9.17, 15) is 19.8 Å². The lowest BCUT2D eigenvalue weighted by Gasteiger charge is -2.17. The van der Waals surface area contributed by atoms with Crippen LogP contribution in [0, 0.1) is 24.2 Å². The number of Topliss-reactive ketones (excluding diaryl/α,β-unsaturated/α-hetero) is 1. The number of allylic oxidation sites excluding steroid dienone is 3. The van der Waals surface area contributed by atoms with Crippen LogP contribution in [0.15, 0.2) is 24.3 Å². The number of hydrogen-bond acceptors (Lipinski definition) is 3. The number of carbonyl (C=O) groups is 2. The minimum atomic E-state index is -1.18. The van der Waals surface area contributed by atoms with Gasteiger partial charge < -0.3 is 10.2 Å². The van der Waals surface area contributed by atoms with E-state index < -0.39 is 17.5 Å². The van der Waals surface area contributed by atoms with Crippen LogP contribution in [-0.4, -0.2) is 27.6 Å². The number of aliphatic carboxylic acids is 1. The van der Waals surface area contributed by atoms with E-state index in [1.165, 1.54) is 0 Å². The Morgan fingerprint density at radius 2 is 2.15 bits per heavy atom. The van der Waals surface area contributed by atoms with Gasteiger partial charge in [0.15, 0.2) is 0 Å². The number of rotatable bonds is 12. The minimum Gasteiger partial charge on any atom is -0.481 e. The van der Waals surface area contributed by atoms with Crippen LogP contribution < -0.4 is 0 Å². The fourth-order valence-corrected chi connectivity index (χ4v) is 3.44. The molecule has 1 rings (SSSR count). The quantitative estimate of drug-likeness (QED) is 0.309. The van der Waals surface area contributed by atoms with Crippen molar-refractivity contribution >= 4 is 11.8 Å². The van der Waals surface area contributed by atoms with Crippen LogP contribution in [0.25, 0.3) is 0 Å². The molecule has 26 heavy (non-hydrogen) atoms. The zero-order valence-corrected chi connectivity index (χ0v) is 15.8. The summed E-state index contributed by atoms with van der Waals surface area (Å²) in [5, 5.41) is 19.6. The van der Waals surface area contributed by atoms with E-state index in [-0.39, 0.29) is 11.7 Å². The number of terminal acetylenes is 1. The maximum atomic E-state index is 11.8. The molecule has 1 aliphatic rings. The summed E-state index contributed by atoms with van der Waals surface area (Å²) in [6.07, 6.45) is 20.2. The Morgan fingerprint density at radius 1 is 1.38 bits per heavy atom. The van der Waals surface area contributed by atoms with Crippen LogP contribution in [0.3, 0.4) is 0 Å². The molecule has 0 aromatic rings. The molecule has 0 aromatic heterocycles. The summed E-state index contributed by atoms with van der Waals surface area (Å²) < 4.78 is 0. The monoisotopic (exact) mass is 360 g/mol. The Balaban J connectivity index is 2.38. The first kappa shape index (κ1) is 22.2. The predicted octanol–water partition coefficient (Wildman–Crippen LogP) is 4.28. The van der Waals surface area contributed by atoms with Gasteiger partial charge in [-0.1, -0.05) is 43.9 Å². The molecule has 4 heteroatoms. The van der Waals surface area contributed by atoms with E-state index in [2.05, 4.69) is 12.8 Å². The highest BCUT2D eigenvalue weighted by atomic mass is 16.4. The van der Waals surface area contributed by atoms with Crippen molar-refractivity contribution in [3.8, 4) is 12.3 Å². The second-order valence-electron chi connectivity index (χ2n) is 7.12. The smallest absolute Gasteiger partial charge is 0.307 e. The molecule has 0 bridgehead atoms. The van der Waals surface area contributed by atoms with Crippen molar-refractivity contribution in [2.24, 2.45) is 11.8 Å². The van der Waals surface area contributed by atoms with Gasteiger partial charge in [-0.2, -0.15) is 0 Å². The SMILES string of the molecule is C#CC(O)(/C=C\C/C=C/CC[C@H](C(=O)O)[C@H]1CCCC1=O)CCCCC. The first-order valence-electron chi connectivity index (χ1n) is 9.72. The van der Waals surface area contributed by atoms with Gasteiger partial charge in [-0.05, 0) is 51.0 Å². The largest absolute Gasteiger partial charge is 0.481 e. The molecule has 0 aliphatic heterocycles. The molecule has 0 radical (unpaired) electrons. The van der Waals surface area contributed by atoms with Gasteiger partial charge in [0, 0.05) is 12.3 Å². The minimum absolute atomic E-state index is 0.0981. The highest BCUT2D eigenvalue weighted by Gasteiger charge is 2.35. The van der Waals surface area contributed by atoms with Gasteiger partial charge in [-0.3, -0.25) is 9.59 Å². The molecule has 0 saturated heterocycles. The number of aliphatic hydroxyl groups is 1. The number of hydrogen-bond donors (Lipinski definition) is 2. The van der Waals surface area contributed by atoms with E-state index in [1.807, 2.05) is 18.2 Å². The van der Waals surface area contributed by atoms with Crippen LogP contribution in [0.4, 0.5) is 0 Å². The number of unbranched alkanes of at least 4 members (excludes halogenated alkanes) is 2. The third-order valence-electron chi connectivity index (χ3n) is 5.04. The van der Waals surface area contributed by atoms with Gasteiger partial charge in [-0.25, -0.2) is 0 Å². The average Bonchev–Trinajstić information content (AvgIpc) is 3.03. The lowest BCUT2D eigenvalue weighted by atomic mass is 9.86. The Hall–Kier alpha value is -1.86. The molecule has 1 fully saturated rings. The summed E-state index contributed by atoms with van der Waals surface area (Å²) in [4.78, 5) is 23.2. The molecule has 3 atom stereocenters. The number of carboxylic acid groups (broad SMARTS) is 1. The molecule has 0 aromatic carbocycles. The van der Waals surface area contributed by atoms with Gasteiger partial charge in [0.1, 0.15) is 11.4 Å². The summed E-state index contributed by atoms with van der Waals surface area (Å²) in [5.41, 5.74) is -1.18. The van der Waals surface area contributed by atoms with Gasteiger partial charge >= 0.3 is 5.97 Å².